The van der Waals surface area contributed by atoms with Gasteiger partial charge in [-0.3, -0.25) is 9.69 Å². The molecule has 0 unspecified atom stereocenters. The number of carbonyl (C=O) groups is 1. The van der Waals surface area contributed by atoms with E-state index >= 15 is 0 Å². The zero-order valence-corrected chi connectivity index (χ0v) is 16.7. The van der Waals surface area contributed by atoms with E-state index in [4.69, 9.17) is 14.2 Å². The first-order chi connectivity index (χ1) is 14.2. The van der Waals surface area contributed by atoms with Crippen LogP contribution in [0.3, 0.4) is 0 Å². The van der Waals surface area contributed by atoms with E-state index in [9.17, 15) is 9.18 Å². The third kappa shape index (κ3) is 3.76. The first-order valence-electron chi connectivity index (χ1n) is 10.8. The molecule has 0 saturated carbocycles. The summed E-state index contributed by atoms with van der Waals surface area (Å²) in [5.41, 5.74) is 0.894. The van der Waals surface area contributed by atoms with Gasteiger partial charge in [0, 0.05) is 56.9 Å². The molecule has 3 atom stereocenters. The van der Waals surface area contributed by atoms with Gasteiger partial charge < -0.3 is 19.1 Å². The van der Waals surface area contributed by atoms with Crippen LogP contribution in [0.15, 0.2) is 18.2 Å². The van der Waals surface area contributed by atoms with Crippen molar-refractivity contribution >= 4 is 5.91 Å². The third-order valence-electron chi connectivity index (χ3n) is 6.94. The lowest BCUT2D eigenvalue weighted by Gasteiger charge is -2.37. The SMILES string of the molecule is O=C([C@@H]1CN(CC2CCOCC2)[C@H]2c3cc(F)ccc3OC[C@@H]12)N1CCOCC1. The molecule has 29 heavy (non-hydrogen) atoms. The molecule has 4 aliphatic rings. The summed E-state index contributed by atoms with van der Waals surface area (Å²) in [5, 5.41) is 0. The van der Waals surface area contributed by atoms with Gasteiger partial charge in [-0.15, -0.1) is 0 Å². The smallest absolute Gasteiger partial charge is 0.227 e. The van der Waals surface area contributed by atoms with Crippen molar-refractivity contribution in [2.45, 2.75) is 18.9 Å². The minimum Gasteiger partial charge on any atom is -0.493 e. The number of halogens is 1. The second-order valence-corrected chi connectivity index (χ2v) is 8.66. The van der Waals surface area contributed by atoms with Gasteiger partial charge in [0.25, 0.3) is 0 Å². The fourth-order valence-electron chi connectivity index (χ4n) is 5.42. The number of rotatable bonds is 3. The van der Waals surface area contributed by atoms with Crippen LogP contribution >= 0.6 is 0 Å². The molecule has 0 radical (unpaired) electrons. The molecule has 3 saturated heterocycles. The number of benzene rings is 1. The second-order valence-electron chi connectivity index (χ2n) is 8.66. The molecule has 0 aromatic heterocycles. The molecule has 0 N–H and O–H groups in total. The summed E-state index contributed by atoms with van der Waals surface area (Å²) in [6.45, 7) is 6.25. The average Bonchev–Trinajstić information content (AvgIpc) is 3.13. The number of fused-ring (bicyclic) bond motifs is 3. The number of carbonyl (C=O) groups excluding carboxylic acids is 1. The maximum absolute atomic E-state index is 14.1. The summed E-state index contributed by atoms with van der Waals surface area (Å²) in [5.74, 6) is 1.20. The predicted molar refractivity (Wildman–Crippen MR) is 104 cm³/mol. The number of morpholine rings is 1. The van der Waals surface area contributed by atoms with Crippen LogP contribution in [0.1, 0.15) is 24.4 Å². The van der Waals surface area contributed by atoms with Crippen molar-refractivity contribution in [2.75, 3.05) is 59.2 Å². The summed E-state index contributed by atoms with van der Waals surface area (Å²) >= 11 is 0. The summed E-state index contributed by atoms with van der Waals surface area (Å²) < 4.78 is 31.0. The molecular weight excluding hydrogens is 375 g/mol. The number of likely N-dealkylation sites (tertiary alicyclic amines) is 1. The zero-order valence-electron chi connectivity index (χ0n) is 16.7. The highest BCUT2D eigenvalue weighted by Crippen LogP contribution is 2.48. The number of hydrogen-bond acceptors (Lipinski definition) is 5. The van der Waals surface area contributed by atoms with Crippen molar-refractivity contribution < 1.29 is 23.4 Å². The standard InChI is InChI=1S/C22H29FN2O4/c23-16-1-2-20-17(11-16)21-19(14-29-20)18(22(26)24-5-9-28-10-6-24)13-25(21)12-15-3-7-27-8-4-15/h1-2,11,15,18-19,21H,3-10,12-14H2/t18-,19+,21+/m1/s1. The molecule has 0 aliphatic carbocycles. The van der Waals surface area contributed by atoms with E-state index in [-0.39, 0.29) is 29.6 Å². The van der Waals surface area contributed by atoms with E-state index in [2.05, 4.69) is 4.90 Å². The molecule has 1 amide bonds. The quantitative estimate of drug-likeness (QED) is 0.772. The average molecular weight is 404 g/mol. The Labute approximate surface area is 170 Å². The summed E-state index contributed by atoms with van der Waals surface area (Å²) in [7, 11) is 0. The van der Waals surface area contributed by atoms with E-state index in [0.717, 1.165) is 43.9 Å². The minimum absolute atomic E-state index is 0.0345. The van der Waals surface area contributed by atoms with E-state index in [0.29, 0.717) is 45.4 Å². The van der Waals surface area contributed by atoms with Crippen molar-refractivity contribution in [1.82, 2.24) is 9.80 Å². The molecule has 7 heteroatoms. The van der Waals surface area contributed by atoms with Crippen molar-refractivity contribution in [3.63, 3.8) is 0 Å². The van der Waals surface area contributed by atoms with E-state index in [1.807, 2.05) is 4.90 Å². The largest absolute Gasteiger partial charge is 0.493 e. The molecule has 6 nitrogen and oxygen atoms in total. The van der Waals surface area contributed by atoms with Gasteiger partial charge in [-0.1, -0.05) is 0 Å². The minimum atomic E-state index is -0.248. The number of amides is 1. The Morgan fingerprint density at radius 1 is 1.10 bits per heavy atom. The Kier molecular flexibility index (Phi) is 5.45. The van der Waals surface area contributed by atoms with Gasteiger partial charge in [0.2, 0.25) is 5.91 Å². The second kappa shape index (κ2) is 8.20. The lowest BCUT2D eigenvalue weighted by Crippen LogP contribution is -2.46. The van der Waals surface area contributed by atoms with E-state index in [1.54, 1.807) is 12.1 Å². The fourth-order valence-corrected chi connectivity index (χ4v) is 5.42. The van der Waals surface area contributed by atoms with Gasteiger partial charge >= 0.3 is 0 Å². The summed E-state index contributed by atoms with van der Waals surface area (Å²) in [6.07, 6.45) is 2.09. The normalized spacial score (nSPS) is 30.5. The first kappa shape index (κ1) is 19.3. The van der Waals surface area contributed by atoms with Crippen LogP contribution in [0.25, 0.3) is 0 Å². The molecule has 4 aliphatic heterocycles. The van der Waals surface area contributed by atoms with Gasteiger partial charge in [-0.25, -0.2) is 4.39 Å². The van der Waals surface area contributed by atoms with Gasteiger partial charge in [0.15, 0.2) is 0 Å². The summed E-state index contributed by atoms with van der Waals surface area (Å²) in [6, 6.07) is 4.81. The molecule has 0 bridgehead atoms. The van der Waals surface area contributed by atoms with Crippen LogP contribution in [0.2, 0.25) is 0 Å². The number of ether oxygens (including phenoxy) is 3. The van der Waals surface area contributed by atoms with Gasteiger partial charge in [-0.05, 0) is 37.0 Å². The third-order valence-corrected chi connectivity index (χ3v) is 6.94. The van der Waals surface area contributed by atoms with Gasteiger partial charge in [0.05, 0.1) is 25.7 Å². The van der Waals surface area contributed by atoms with Crippen LogP contribution in [-0.2, 0) is 14.3 Å². The highest BCUT2D eigenvalue weighted by molar-refractivity contribution is 5.80. The zero-order chi connectivity index (χ0) is 19.8. The van der Waals surface area contributed by atoms with Crippen molar-refractivity contribution in [2.24, 2.45) is 17.8 Å². The maximum atomic E-state index is 14.1. The molecule has 4 heterocycles. The molecule has 158 valence electrons. The van der Waals surface area contributed by atoms with Crippen molar-refractivity contribution in [3.05, 3.63) is 29.6 Å². The van der Waals surface area contributed by atoms with Crippen LogP contribution in [0.5, 0.6) is 5.75 Å². The monoisotopic (exact) mass is 404 g/mol. The molecule has 3 fully saturated rings. The van der Waals surface area contributed by atoms with E-state index in [1.165, 1.54) is 6.07 Å². The van der Waals surface area contributed by atoms with Gasteiger partial charge in [0.1, 0.15) is 11.6 Å². The molecule has 1 aromatic carbocycles. The molecular formula is C22H29FN2O4. The number of hydrogen-bond donors (Lipinski definition) is 0. The van der Waals surface area contributed by atoms with E-state index < -0.39 is 0 Å². The Hall–Kier alpha value is -1.70. The van der Waals surface area contributed by atoms with Crippen molar-refractivity contribution in [3.8, 4) is 5.75 Å². The lowest BCUT2D eigenvalue weighted by molar-refractivity contribution is -0.141. The fraction of sp³-hybridized carbons (Fsp3) is 0.682. The molecule has 1 aromatic rings. The first-order valence-corrected chi connectivity index (χ1v) is 10.8. The highest BCUT2D eigenvalue weighted by atomic mass is 19.1. The summed E-state index contributed by atoms with van der Waals surface area (Å²) in [4.78, 5) is 17.7. The molecule has 5 rings (SSSR count). The van der Waals surface area contributed by atoms with Crippen LogP contribution in [0, 0.1) is 23.6 Å². The lowest BCUT2D eigenvalue weighted by atomic mass is 9.84. The maximum Gasteiger partial charge on any atom is 0.227 e. The Morgan fingerprint density at radius 3 is 2.66 bits per heavy atom. The van der Waals surface area contributed by atoms with Gasteiger partial charge in [-0.2, -0.15) is 0 Å². The van der Waals surface area contributed by atoms with Crippen LogP contribution in [-0.4, -0.2) is 74.9 Å². The Morgan fingerprint density at radius 2 is 1.86 bits per heavy atom. The Bertz CT molecular complexity index is 748. The predicted octanol–water partition coefficient (Wildman–Crippen LogP) is 2.09. The molecule has 0 spiro atoms. The van der Waals surface area contributed by atoms with Crippen LogP contribution < -0.4 is 4.74 Å². The Balaban J connectivity index is 1.42. The number of nitrogens with zero attached hydrogens (tertiary/aromatic N) is 2. The topological polar surface area (TPSA) is 51.2 Å². The highest BCUT2D eigenvalue weighted by Gasteiger charge is 2.50. The van der Waals surface area contributed by atoms with Crippen molar-refractivity contribution in [1.29, 1.82) is 0 Å². The van der Waals surface area contributed by atoms with Crippen LogP contribution in [0.4, 0.5) is 4.39 Å².